The minimum atomic E-state index is 0.549. The van der Waals surface area contributed by atoms with Crippen molar-refractivity contribution in [2.24, 2.45) is 5.92 Å². The molecule has 2 N–H and O–H groups in total. The van der Waals surface area contributed by atoms with Crippen molar-refractivity contribution in [2.75, 3.05) is 31.4 Å². The van der Waals surface area contributed by atoms with E-state index in [0.29, 0.717) is 23.2 Å². The zero-order chi connectivity index (χ0) is 16.8. The average molecular weight is 316 g/mol. The molecule has 0 saturated carbocycles. The molecule has 0 spiro atoms. The van der Waals surface area contributed by atoms with E-state index in [-0.39, 0.29) is 0 Å². The van der Waals surface area contributed by atoms with Gasteiger partial charge in [0, 0.05) is 24.4 Å². The first-order chi connectivity index (χ1) is 11.0. The van der Waals surface area contributed by atoms with Gasteiger partial charge in [0.1, 0.15) is 17.5 Å². The molecular weight excluding hydrogens is 292 g/mol. The number of nitrogens with one attached hydrogen (secondary N) is 2. The number of hydrogen-bond donors (Lipinski definition) is 2. The van der Waals surface area contributed by atoms with Gasteiger partial charge in [-0.3, -0.25) is 0 Å². The van der Waals surface area contributed by atoms with Gasteiger partial charge in [0.05, 0.1) is 14.2 Å². The van der Waals surface area contributed by atoms with Gasteiger partial charge in [-0.25, -0.2) is 9.97 Å². The van der Waals surface area contributed by atoms with Crippen molar-refractivity contribution in [2.45, 2.75) is 20.8 Å². The minimum Gasteiger partial charge on any atom is -0.493 e. The highest BCUT2D eigenvalue weighted by Crippen LogP contribution is 2.31. The van der Waals surface area contributed by atoms with Crippen LogP contribution in [0.3, 0.4) is 0 Å². The Hall–Kier alpha value is -2.50. The van der Waals surface area contributed by atoms with Gasteiger partial charge in [0.2, 0.25) is 0 Å². The topological polar surface area (TPSA) is 68.3 Å². The molecule has 23 heavy (non-hydrogen) atoms. The molecule has 0 amide bonds. The van der Waals surface area contributed by atoms with Gasteiger partial charge in [0.15, 0.2) is 11.5 Å². The molecule has 2 aromatic rings. The lowest BCUT2D eigenvalue weighted by Gasteiger charge is -2.13. The Morgan fingerprint density at radius 2 is 1.70 bits per heavy atom. The second kappa shape index (κ2) is 7.67. The molecule has 6 heteroatoms. The van der Waals surface area contributed by atoms with E-state index >= 15 is 0 Å². The van der Waals surface area contributed by atoms with Gasteiger partial charge in [0.25, 0.3) is 0 Å². The quantitative estimate of drug-likeness (QED) is 0.813. The summed E-state index contributed by atoms with van der Waals surface area (Å²) in [5, 5.41) is 6.59. The Bertz CT molecular complexity index is 659. The lowest BCUT2D eigenvalue weighted by Crippen LogP contribution is -2.10. The summed E-state index contributed by atoms with van der Waals surface area (Å²) in [6.45, 7) is 7.06. The van der Waals surface area contributed by atoms with Gasteiger partial charge in [-0.2, -0.15) is 0 Å². The molecule has 0 aliphatic rings. The van der Waals surface area contributed by atoms with Crippen LogP contribution in [0.25, 0.3) is 0 Å². The second-order valence-electron chi connectivity index (χ2n) is 5.66. The number of methoxy groups -OCH3 is 2. The molecule has 2 rings (SSSR count). The number of benzene rings is 1. The van der Waals surface area contributed by atoms with Crippen LogP contribution in [0.1, 0.15) is 19.7 Å². The highest BCUT2D eigenvalue weighted by Gasteiger charge is 2.07. The van der Waals surface area contributed by atoms with E-state index < -0.39 is 0 Å². The number of rotatable bonds is 7. The Morgan fingerprint density at radius 3 is 2.35 bits per heavy atom. The Labute approximate surface area is 137 Å². The first kappa shape index (κ1) is 16.9. The molecule has 0 aliphatic heterocycles. The molecule has 0 radical (unpaired) electrons. The number of hydrogen-bond acceptors (Lipinski definition) is 6. The summed E-state index contributed by atoms with van der Waals surface area (Å²) in [6.07, 6.45) is 0. The highest BCUT2D eigenvalue weighted by atomic mass is 16.5. The molecule has 0 saturated heterocycles. The monoisotopic (exact) mass is 316 g/mol. The SMILES string of the molecule is COc1ccc(Nc2cc(NCC(C)C)nc(C)n2)cc1OC. The van der Waals surface area contributed by atoms with Crippen molar-refractivity contribution in [1.29, 1.82) is 0 Å². The zero-order valence-electron chi connectivity index (χ0n) is 14.3. The van der Waals surface area contributed by atoms with Crippen LogP contribution in [0.15, 0.2) is 24.3 Å². The van der Waals surface area contributed by atoms with Crippen molar-refractivity contribution >= 4 is 17.3 Å². The lowest BCUT2D eigenvalue weighted by molar-refractivity contribution is 0.355. The molecule has 0 bridgehead atoms. The Morgan fingerprint density at radius 1 is 1.00 bits per heavy atom. The molecular formula is C17H24N4O2. The zero-order valence-corrected chi connectivity index (χ0v) is 14.3. The fourth-order valence-corrected chi connectivity index (χ4v) is 2.09. The van der Waals surface area contributed by atoms with Gasteiger partial charge < -0.3 is 20.1 Å². The fourth-order valence-electron chi connectivity index (χ4n) is 2.09. The third kappa shape index (κ3) is 4.74. The van der Waals surface area contributed by atoms with Gasteiger partial charge in [-0.05, 0) is 25.0 Å². The molecule has 1 aromatic carbocycles. The average Bonchev–Trinajstić information content (AvgIpc) is 2.52. The standard InChI is InChI=1S/C17H24N4O2/c1-11(2)10-18-16-9-17(20-12(3)19-16)21-13-6-7-14(22-4)15(8-13)23-5/h6-9,11H,10H2,1-5H3,(H2,18,19,20,21). The third-order valence-corrected chi connectivity index (χ3v) is 3.19. The maximum absolute atomic E-state index is 5.32. The van der Waals surface area contributed by atoms with Crippen molar-refractivity contribution in [3.8, 4) is 11.5 Å². The van der Waals surface area contributed by atoms with E-state index in [4.69, 9.17) is 9.47 Å². The summed E-state index contributed by atoms with van der Waals surface area (Å²) in [5.41, 5.74) is 0.871. The van der Waals surface area contributed by atoms with Crippen LogP contribution >= 0.6 is 0 Å². The van der Waals surface area contributed by atoms with Crippen molar-refractivity contribution in [3.63, 3.8) is 0 Å². The smallest absolute Gasteiger partial charge is 0.162 e. The fraction of sp³-hybridized carbons (Fsp3) is 0.412. The molecule has 1 aromatic heterocycles. The van der Waals surface area contributed by atoms with Crippen LogP contribution in [0.5, 0.6) is 11.5 Å². The van der Waals surface area contributed by atoms with E-state index in [9.17, 15) is 0 Å². The molecule has 1 heterocycles. The van der Waals surface area contributed by atoms with Crippen molar-refractivity contribution < 1.29 is 9.47 Å². The van der Waals surface area contributed by atoms with Gasteiger partial charge >= 0.3 is 0 Å². The highest BCUT2D eigenvalue weighted by molar-refractivity contribution is 5.63. The van der Waals surface area contributed by atoms with E-state index in [1.54, 1.807) is 14.2 Å². The van der Waals surface area contributed by atoms with Crippen LogP contribution in [-0.4, -0.2) is 30.7 Å². The molecule has 0 aliphatic carbocycles. The largest absolute Gasteiger partial charge is 0.493 e. The van der Waals surface area contributed by atoms with Gasteiger partial charge in [-0.1, -0.05) is 13.8 Å². The van der Waals surface area contributed by atoms with Crippen LogP contribution < -0.4 is 20.1 Å². The Kier molecular flexibility index (Phi) is 5.62. The van der Waals surface area contributed by atoms with Crippen molar-refractivity contribution in [1.82, 2.24) is 9.97 Å². The van der Waals surface area contributed by atoms with Gasteiger partial charge in [-0.15, -0.1) is 0 Å². The van der Waals surface area contributed by atoms with Crippen molar-refractivity contribution in [3.05, 3.63) is 30.1 Å². The van der Waals surface area contributed by atoms with Crippen LogP contribution in [0.4, 0.5) is 17.3 Å². The van der Waals surface area contributed by atoms with E-state index in [2.05, 4.69) is 34.4 Å². The normalized spacial score (nSPS) is 10.5. The summed E-state index contributed by atoms with van der Waals surface area (Å²) < 4.78 is 10.6. The molecule has 0 fully saturated rings. The molecule has 0 unspecified atom stereocenters. The van der Waals surface area contributed by atoms with E-state index in [0.717, 1.165) is 23.9 Å². The second-order valence-corrected chi connectivity index (χ2v) is 5.66. The van der Waals surface area contributed by atoms with Crippen LogP contribution in [-0.2, 0) is 0 Å². The third-order valence-electron chi connectivity index (χ3n) is 3.19. The Balaban J connectivity index is 2.19. The number of aryl methyl sites for hydroxylation is 1. The van der Waals surface area contributed by atoms with E-state index in [1.165, 1.54) is 0 Å². The molecule has 124 valence electrons. The summed E-state index contributed by atoms with van der Waals surface area (Å²) >= 11 is 0. The summed E-state index contributed by atoms with van der Waals surface area (Å²) in [7, 11) is 3.23. The summed E-state index contributed by atoms with van der Waals surface area (Å²) in [4.78, 5) is 8.82. The predicted octanol–water partition coefficient (Wildman–Crippen LogP) is 3.61. The lowest BCUT2D eigenvalue weighted by atomic mass is 10.2. The minimum absolute atomic E-state index is 0.549. The molecule has 0 atom stereocenters. The number of ether oxygens (including phenoxy) is 2. The summed E-state index contributed by atoms with van der Waals surface area (Å²) in [5.74, 6) is 4.16. The van der Waals surface area contributed by atoms with Crippen LogP contribution in [0.2, 0.25) is 0 Å². The maximum atomic E-state index is 5.32. The molecule has 6 nitrogen and oxygen atoms in total. The maximum Gasteiger partial charge on any atom is 0.162 e. The number of nitrogens with zero attached hydrogens (tertiary/aromatic N) is 2. The summed E-state index contributed by atoms with van der Waals surface area (Å²) in [6, 6.07) is 7.54. The number of anilines is 3. The number of aromatic nitrogens is 2. The van der Waals surface area contributed by atoms with E-state index in [1.807, 2.05) is 31.2 Å². The predicted molar refractivity (Wildman–Crippen MR) is 92.9 cm³/mol. The first-order valence-electron chi connectivity index (χ1n) is 7.60. The first-order valence-corrected chi connectivity index (χ1v) is 7.60. The van der Waals surface area contributed by atoms with Crippen LogP contribution in [0, 0.1) is 12.8 Å².